The van der Waals surface area contributed by atoms with Crippen molar-refractivity contribution in [1.82, 2.24) is 5.32 Å². The number of amides is 1. The zero-order chi connectivity index (χ0) is 15.8. The number of hydrogen-bond acceptors (Lipinski definition) is 2. The first-order chi connectivity index (χ1) is 10.7. The lowest BCUT2D eigenvalue weighted by Gasteiger charge is -2.13. The second-order valence-corrected chi connectivity index (χ2v) is 6.59. The molecule has 0 fully saturated rings. The molecular formula is C18H20ClNOS. The third kappa shape index (κ3) is 5.39. The molecule has 2 aromatic carbocycles. The zero-order valence-electron chi connectivity index (χ0n) is 12.6. The van der Waals surface area contributed by atoms with E-state index in [1.165, 1.54) is 5.56 Å². The van der Waals surface area contributed by atoms with E-state index in [0.29, 0.717) is 18.2 Å². The molecule has 0 heterocycles. The first-order valence-corrected chi connectivity index (χ1v) is 8.83. The van der Waals surface area contributed by atoms with Crippen LogP contribution < -0.4 is 5.32 Å². The van der Waals surface area contributed by atoms with Gasteiger partial charge in [0.2, 0.25) is 5.91 Å². The first-order valence-electron chi connectivity index (χ1n) is 7.29. The molecule has 1 atom stereocenters. The minimum atomic E-state index is 0.0693. The summed E-state index contributed by atoms with van der Waals surface area (Å²) in [5.41, 5.74) is 2.31. The van der Waals surface area contributed by atoms with Crippen molar-refractivity contribution >= 4 is 29.3 Å². The fourth-order valence-electron chi connectivity index (χ4n) is 2.09. The summed E-state index contributed by atoms with van der Waals surface area (Å²) in [5, 5.41) is 3.75. The van der Waals surface area contributed by atoms with E-state index in [1.807, 2.05) is 42.5 Å². The largest absolute Gasteiger partial charge is 0.355 e. The van der Waals surface area contributed by atoms with Crippen molar-refractivity contribution < 1.29 is 4.79 Å². The van der Waals surface area contributed by atoms with Crippen LogP contribution in [0.25, 0.3) is 0 Å². The fraction of sp³-hybridized carbons (Fsp3) is 0.278. The predicted octanol–water partition coefficient (Wildman–Crippen LogP) is 4.49. The second kappa shape index (κ2) is 8.86. The van der Waals surface area contributed by atoms with Crippen LogP contribution in [-0.2, 0) is 10.5 Å². The maximum atomic E-state index is 11.9. The molecule has 2 aromatic rings. The smallest absolute Gasteiger partial charge is 0.230 e. The lowest BCUT2D eigenvalue weighted by atomic mass is 10.0. The van der Waals surface area contributed by atoms with Crippen LogP contribution in [0.15, 0.2) is 54.6 Å². The molecule has 2 rings (SSSR count). The molecule has 0 unspecified atom stereocenters. The Labute approximate surface area is 141 Å². The molecule has 0 aliphatic carbocycles. The highest BCUT2D eigenvalue weighted by atomic mass is 35.5. The molecule has 0 aromatic heterocycles. The van der Waals surface area contributed by atoms with Gasteiger partial charge in [-0.3, -0.25) is 4.79 Å². The predicted molar refractivity (Wildman–Crippen MR) is 95.5 cm³/mol. The van der Waals surface area contributed by atoms with Crippen molar-refractivity contribution in [2.45, 2.75) is 18.6 Å². The molecule has 1 amide bonds. The summed E-state index contributed by atoms with van der Waals surface area (Å²) in [6.07, 6.45) is 0. The summed E-state index contributed by atoms with van der Waals surface area (Å²) in [6, 6.07) is 18.0. The van der Waals surface area contributed by atoms with Gasteiger partial charge in [0.25, 0.3) is 0 Å². The number of thioether (sulfide) groups is 1. The lowest BCUT2D eigenvalue weighted by Crippen LogP contribution is -2.29. The van der Waals surface area contributed by atoms with E-state index in [4.69, 9.17) is 11.6 Å². The van der Waals surface area contributed by atoms with Crippen LogP contribution >= 0.6 is 23.4 Å². The topological polar surface area (TPSA) is 29.1 Å². The average Bonchev–Trinajstić information content (AvgIpc) is 2.55. The van der Waals surface area contributed by atoms with E-state index >= 15 is 0 Å². The van der Waals surface area contributed by atoms with E-state index in [0.717, 1.165) is 16.3 Å². The van der Waals surface area contributed by atoms with Crippen molar-refractivity contribution in [3.8, 4) is 0 Å². The van der Waals surface area contributed by atoms with Crippen LogP contribution in [0.5, 0.6) is 0 Å². The van der Waals surface area contributed by atoms with Gasteiger partial charge < -0.3 is 5.32 Å². The number of nitrogens with one attached hydrogen (secondary N) is 1. The number of carbonyl (C=O) groups excluding carboxylic acids is 1. The Morgan fingerprint density at radius 1 is 1.14 bits per heavy atom. The third-order valence-electron chi connectivity index (χ3n) is 3.42. The number of rotatable bonds is 7. The molecule has 0 aliphatic rings. The maximum absolute atomic E-state index is 11.9. The molecule has 0 saturated carbocycles. The lowest BCUT2D eigenvalue weighted by molar-refractivity contribution is -0.118. The zero-order valence-corrected chi connectivity index (χ0v) is 14.2. The molecule has 116 valence electrons. The molecule has 0 saturated heterocycles. The molecule has 1 N–H and O–H groups in total. The van der Waals surface area contributed by atoms with E-state index in [1.54, 1.807) is 11.8 Å². The van der Waals surface area contributed by atoms with Gasteiger partial charge in [0.15, 0.2) is 0 Å². The van der Waals surface area contributed by atoms with Crippen molar-refractivity contribution in [2.24, 2.45) is 0 Å². The van der Waals surface area contributed by atoms with Gasteiger partial charge in [0.1, 0.15) is 0 Å². The van der Waals surface area contributed by atoms with E-state index in [9.17, 15) is 4.79 Å². The highest BCUT2D eigenvalue weighted by Gasteiger charge is 2.08. The number of halogens is 1. The summed E-state index contributed by atoms with van der Waals surface area (Å²) in [6.45, 7) is 2.78. The van der Waals surface area contributed by atoms with Crippen LogP contribution in [-0.4, -0.2) is 18.2 Å². The third-order valence-corrected chi connectivity index (χ3v) is 4.77. The van der Waals surface area contributed by atoms with Gasteiger partial charge >= 0.3 is 0 Å². The molecule has 0 radical (unpaired) electrons. The standard InChI is InChI=1S/C18H20ClNOS/c1-14(15-7-3-2-4-8-15)11-20-18(21)13-22-12-16-9-5-6-10-17(16)19/h2-10,14H,11-13H2,1H3,(H,20,21)/t14-/m0/s1. The fourth-order valence-corrected chi connectivity index (χ4v) is 3.23. The molecule has 0 bridgehead atoms. The van der Waals surface area contributed by atoms with Gasteiger partial charge in [-0.2, -0.15) is 0 Å². The number of hydrogen-bond donors (Lipinski definition) is 1. The molecular weight excluding hydrogens is 314 g/mol. The van der Waals surface area contributed by atoms with Crippen LogP contribution in [0.4, 0.5) is 0 Å². The molecule has 0 aliphatic heterocycles. The van der Waals surface area contributed by atoms with E-state index < -0.39 is 0 Å². The molecule has 0 spiro atoms. The molecule has 4 heteroatoms. The van der Waals surface area contributed by atoms with Crippen LogP contribution in [0.2, 0.25) is 5.02 Å². The van der Waals surface area contributed by atoms with Gasteiger partial charge in [0, 0.05) is 17.3 Å². The van der Waals surface area contributed by atoms with Crippen LogP contribution in [0, 0.1) is 0 Å². The summed E-state index contributed by atoms with van der Waals surface area (Å²) in [7, 11) is 0. The van der Waals surface area contributed by atoms with Gasteiger partial charge in [-0.1, -0.05) is 67.1 Å². The van der Waals surface area contributed by atoms with Crippen molar-refractivity contribution in [2.75, 3.05) is 12.3 Å². The van der Waals surface area contributed by atoms with Crippen LogP contribution in [0.3, 0.4) is 0 Å². The summed E-state index contributed by atoms with van der Waals surface area (Å²) in [5.74, 6) is 1.59. The van der Waals surface area contributed by atoms with Crippen molar-refractivity contribution in [3.63, 3.8) is 0 Å². The Balaban J connectivity index is 1.69. The second-order valence-electron chi connectivity index (χ2n) is 5.20. The summed E-state index contributed by atoms with van der Waals surface area (Å²) in [4.78, 5) is 11.9. The molecule has 22 heavy (non-hydrogen) atoms. The highest BCUT2D eigenvalue weighted by Crippen LogP contribution is 2.20. The minimum absolute atomic E-state index is 0.0693. The Bertz CT molecular complexity index is 603. The number of benzene rings is 2. The normalized spacial score (nSPS) is 11.9. The minimum Gasteiger partial charge on any atom is -0.355 e. The van der Waals surface area contributed by atoms with Gasteiger partial charge in [0.05, 0.1) is 5.75 Å². The SMILES string of the molecule is C[C@@H](CNC(=O)CSCc1ccccc1Cl)c1ccccc1. The number of carbonyl (C=O) groups is 1. The average molecular weight is 334 g/mol. The van der Waals surface area contributed by atoms with Crippen molar-refractivity contribution in [3.05, 3.63) is 70.7 Å². The Kier molecular flexibility index (Phi) is 6.81. The van der Waals surface area contributed by atoms with E-state index in [2.05, 4.69) is 24.4 Å². The van der Waals surface area contributed by atoms with E-state index in [-0.39, 0.29) is 5.91 Å². The first kappa shape index (κ1) is 16.9. The maximum Gasteiger partial charge on any atom is 0.230 e. The summed E-state index contributed by atoms with van der Waals surface area (Å²) < 4.78 is 0. The monoisotopic (exact) mass is 333 g/mol. The Hall–Kier alpha value is -1.45. The van der Waals surface area contributed by atoms with Crippen LogP contribution in [0.1, 0.15) is 24.0 Å². The van der Waals surface area contributed by atoms with Gasteiger partial charge in [-0.25, -0.2) is 0 Å². The van der Waals surface area contributed by atoms with Crippen molar-refractivity contribution in [1.29, 1.82) is 0 Å². The highest BCUT2D eigenvalue weighted by molar-refractivity contribution is 7.99. The summed E-state index contributed by atoms with van der Waals surface area (Å²) >= 11 is 7.68. The quantitative estimate of drug-likeness (QED) is 0.808. The van der Waals surface area contributed by atoms with Gasteiger partial charge in [-0.05, 0) is 23.1 Å². The van der Waals surface area contributed by atoms with Gasteiger partial charge in [-0.15, -0.1) is 11.8 Å². The Morgan fingerprint density at radius 3 is 2.55 bits per heavy atom. The Morgan fingerprint density at radius 2 is 1.82 bits per heavy atom. The molecule has 2 nitrogen and oxygen atoms in total.